The van der Waals surface area contributed by atoms with Crippen LogP contribution in [0, 0.1) is 0 Å². The van der Waals surface area contributed by atoms with Gasteiger partial charge in [0.2, 0.25) is 0 Å². The zero-order valence-electron chi connectivity index (χ0n) is 2.78. The number of halogens is 2. The van der Waals surface area contributed by atoms with Crippen LogP contribution in [0.4, 0.5) is 0 Å². The van der Waals surface area contributed by atoms with Crippen molar-refractivity contribution in [1.82, 2.24) is 12.5 Å². The van der Waals surface area contributed by atoms with Crippen molar-refractivity contribution in [3.63, 3.8) is 0 Å². The van der Waals surface area contributed by atoms with Crippen LogP contribution in [0.2, 0.25) is 0 Å². The Morgan fingerprint density at radius 1 is 1.67 bits per heavy atom. The Hall–Kier alpha value is 1.30. The lowest BCUT2D eigenvalue weighted by Gasteiger charge is -2.03. The van der Waals surface area contributed by atoms with Crippen molar-refractivity contribution in [2.75, 3.05) is 0 Å². The molecule has 0 aromatic heterocycles. The summed E-state index contributed by atoms with van der Waals surface area (Å²) in [6.07, 6.45) is 0. The molecule has 0 amide bonds. The molecule has 0 fully saturated rings. The van der Waals surface area contributed by atoms with Crippen molar-refractivity contribution < 1.29 is 0 Å². The fraction of sp³-hybridized carbons (Fsp3) is 0. The van der Waals surface area contributed by atoms with Crippen molar-refractivity contribution in [2.45, 2.75) is 0 Å². The molecule has 0 bridgehead atoms. The van der Waals surface area contributed by atoms with Crippen molar-refractivity contribution in [1.29, 1.82) is 0 Å². The molecular weight excluding hydrogens is 310 g/mol. The fourth-order valence-electron chi connectivity index (χ4n) is 0.0404. The summed E-state index contributed by atoms with van der Waals surface area (Å²) in [7, 11) is 0. The summed E-state index contributed by atoms with van der Waals surface area (Å²) in [5.74, 6) is 5.04. The molecule has 0 radical (unpaired) electrons. The molecule has 4 N–H and O–H groups in total. The smallest absolute Gasteiger partial charge is 0.0576 e. The van der Waals surface area contributed by atoms with Gasteiger partial charge in [-0.05, 0) is 0 Å². The Labute approximate surface area is 63.7 Å². The molecule has 0 atom stereocenters. The first-order valence-electron chi connectivity index (χ1n) is 1.09. The molecule has 0 aliphatic carbocycles. The molecule has 0 aromatic rings. The van der Waals surface area contributed by atoms with Crippen LogP contribution in [0.5, 0.6) is 0 Å². The molecule has 0 saturated heterocycles. The van der Waals surface area contributed by atoms with E-state index in [1.807, 2.05) is 45.7 Å². The van der Waals surface area contributed by atoms with Gasteiger partial charge in [-0.3, -0.25) is 0 Å². The monoisotopic (exact) mass is 314 g/mol. The van der Waals surface area contributed by atoms with E-state index >= 15 is 0 Å². The van der Waals surface area contributed by atoms with Gasteiger partial charge >= 0.3 is 0 Å². The zero-order chi connectivity index (χ0) is 4.99. The maximum Gasteiger partial charge on any atom is 0.0576 e. The van der Waals surface area contributed by atoms with Crippen LogP contribution in [0.1, 0.15) is 0 Å². The van der Waals surface area contributed by atoms with Crippen LogP contribution in [0.25, 0.3) is 0 Å². The molecule has 0 rings (SSSR count). The number of hydrazine groups is 3. The molecule has 0 aliphatic heterocycles. The standard InChI is InChI=1S/H4I2N4/c1-4-5-6(2)3/h4-5H,3H2. The highest BCUT2D eigenvalue weighted by atomic mass is 127. The van der Waals surface area contributed by atoms with Gasteiger partial charge in [0.1, 0.15) is 0 Å². The first-order valence-corrected chi connectivity index (χ1v) is 3.13. The van der Waals surface area contributed by atoms with E-state index in [2.05, 4.69) is 9.17 Å². The second-order valence-electron chi connectivity index (χ2n) is 0.517. The van der Waals surface area contributed by atoms with Crippen molar-refractivity contribution in [3.8, 4) is 0 Å². The van der Waals surface area contributed by atoms with E-state index in [1.165, 1.54) is 3.33 Å². The summed E-state index contributed by atoms with van der Waals surface area (Å²) in [5.41, 5.74) is 2.54. The maximum absolute atomic E-state index is 5.04. The van der Waals surface area contributed by atoms with E-state index in [-0.39, 0.29) is 0 Å². The van der Waals surface area contributed by atoms with Crippen LogP contribution in [-0.2, 0) is 0 Å². The summed E-state index contributed by atoms with van der Waals surface area (Å²) in [5, 5.41) is 0. The maximum atomic E-state index is 5.04. The number of nitrogens with two attached hydrogens (primary N) is 1. The zero-order valence-corrected chi connectivity index (χ0v) is 7.10. The van der Waals surface area contributed by atoms with Gasteiger partial charge in [-0.25, -0.2) is 5.84 Å². The van der Waals surface area contributed by atoms with E-state index in [0.29, 0.717) is 0 Å². The van der Waals surface area contributed by atoms with Crippen molar-refractivity contribution >= 4 is 45.7 Å². The summed E-state index contributed by atoms with van der Waals surface area (Å²) in [6.45, 7) is 0. The van der Waals surface area contributed by atoms with Crippen LogP contribution in [0.3, 0.4) is 0 Å². The second kappa shape index (κ2) is 4.46. The van der Waals surface area contributed by atoms with Crippen LogP contribution in [0.15, 0.2) is 0 Å². The van der Waals surface area contributed by atoms with Gasteiger partial charge in [-0.2, -0.15) is 9.17 Å². The molecule has 6 heteroatoms. The number of hydrogen-bond donors (Lipinski definition) is 3. The number of nitrogens with zero attached hydrogens (tertiary/aromatic N) is 1. The van der Waals surface area contributed by atoms with Crippen LogP contribution < -0.4 is 15.0 Å². The molecule has 38 valence electrons. The van der Waals surface area contributed by atoms with Crippen molar-refractivity contribution in [2.24, 2.45) is 5.84 Å². The quantitative estimate of drug-likeness (QED) is 0.288. The SMILES string of the molecule is NN(I)NNI. The lowest BCUT2D eigenvalue weighted by Crippen LogP contribution is -2.39. The minimum absolute atomic E-state index is 1.28. The lowest BCUT2D eigenvalue weighted by atomic mass is 12.4. The molecular formula is H4I2N4. The van der Waals surface area contributed by atoms with Gasteiger partial charge in [0.15, 0.2) is 0 Å². The molecule has 0 heterocycles. The fourth-order valence-corrected chi connectivity index (χ4v) is 0.882. The Morgan fingerprint density at radius 3 is 2.17 bits per heavy atom. The van der Waals surface area contributed by atoms with E-state index in [0.717, 1.165) is 0 Å². The average molecular weight is 314 g/mol. The van der Waals surface area contributed by atoms with Crippen molar-refractivity contribution in [3.05, 3.63) is 0 Å². The Kier molecular flexibility index (Phi) is 5.42. The lowest BCUT2D eigenvalue weighted by molar-refractivity contribution is 0.394. The van der Waals surface area contributed by atoms with E-state index in [4.69, 9.17) is 5.84 Å². The largest absolute Gasteiger partial charge is 0.244 e. The predicted molar refractivity (Wildman–Crippen MR) is 40.3 cm³/mol. The van der Waals surface area contributed by atoms with Gasteiger partial charge in [0, 0.05) is 22.9 Å². The third-order valence-electron chi connectivity index (χ3n) is 0.149. The Morgan fingerprint density at radius 2 is 2.17 bits per heavy atom. The molecule has 0 aliphatic rings. The second-order valence-corrected chi connectivity index (χ2v) is 2.10. The first-order chi connectivity index (χ1) is 2.77. The minimum atomic E-state index is 1.28. The van der Waals surface area contributed by atoms with Gasteiger partial charge in [-0.15, -0.1) is 3.33 Å². The van der Waals surface area contributed by atoms with Crippen LogP contribution in [-0.4, -0.2) is 3.33 Å². The minimum Gasteiger partial charge on any atom is -0.244 e. The Bertz CT molecular complexity index is 26.7. The third-order valence-corrected chi connectivity index (χ3v) is 0.631. The summed E-state index contributed by atoms with van der Waals surface area (Å²) < 4.78 is 3.86. The van der Waals surface area contributed by atoms with Crippen LogP contribution >= 0.6 is 45.7 Å². The molecule has 4 nitrogen and oxygen atoms in total. The molecule has 0 aromatic carbocycles. The summed E-state index contributed by atoms with van der Waals surface area (Å²) >= 11 is 3.79. The highest BCUT2D eigenvalue weighted by Crippen LogP contribution is 1.76. The number of hydrogen-bond acceptors (Lipinski definition) is 4. The molecule has 6 heavy (non-hydrogen) atoms. The van der Waals surface area contributed by atoms with E-state index < -0.39 is 0 Å². The third kappa shape index (κ3) is 5.30. The summed E-state index contributed by atoms with van der Waals surface area (Å²) in [6, 6.07) is 0. The highest BCUT2D eigenvalue weighted by Gasteiger charge is 1.79. The normalized spacial score (nSPS) is 10.0. The topological polar surface area (TPSA) is 53.3 Å². The van der Waals surface area contributed by atoms with Gasteiger partial charge < -0.3 is 0 Å². The molecule has 0 spiro atoms. The molecule has 0 saturated carbocycles. The van der Waals surface area contributed by atoms with Gasteiger partial charge in [-0.1, -0.05) is 0 Å². The molecule has 0 unspecified atom stereocenters. The van der Waals surface area contributed by atoms with E-state index in [9.17, 15) is 0 Å². The predicted octanol–water partition coefficient (Wildman–Crippen LogP) is -0.129. The first kappa shape index (κ1) is 7.30. The number of rotatable bonds is 2. The van der Waals surface area contributed by atoms with Gasteiger partial charge in [0.05, 0.1) is 22.9 Å². The van der Waals surface area contributed by atoms with E-state index in [1.54, 1.807) is 0 Å². The number of nitrogens with one attached hydrogen (secondary N) is 2. The van der Waals surface area contributed by atoms with Gasteiger partial charge in [0.25, 0.3) is 0 Å². The average Bonchev–Trinajstić information content (AvgIpc) is 1.35. The Balaban J connectivity index is 2.63. The summed E-state index contributed by atoms with van der Waals surface area (Å²) in [4.78, 5) is 0. The highest BCUT2D eigenvalue weighted by molar-refractivity contribution is 14.1.